The fraction of sp³-hybridized carbons (Fsp3) is 0.250. The first-order chi connectivity index (χ1) is 8.90. The number of hydrogen-bond acceptors (Lipinski definition) is 1. The molecule has 0 heterocycles. The van der Waals surface area contributed by atoms with Crippen LogP contribution in [0.15, 0.2) is 30.3 Å². The Hall–Kier alpha value is -0.580. The molecule has 0 aliphatic heterocycles. The predicted molar refractivity (Wildman–Crippen MR) is 90.9 cm³/mol. The van der Waals surface area contributed by atoms with Gasteiger partial charge in [-0.05, 0) is 77.7 Å². The van der Waals surface area contributed by atoms with Crippen molar-refractivity contribution >= 4 is 34.2 Å². The average molecular weight is 386 g/mol. The van der Waals surface area contributed by atoms with Crippen LogP contribution in [0, 0.1) is 24.3 Å². The summed E-state index contributed by atoms with van der Waals surface area (Å²) >= 11 is 8.41. The Morgan fingerprint density at radius 3 is 2.16 bits per heavy atom. The van der Waals surface area contributed by atoms with Gasteiger partial charge in [-0.15, -0.1) is 0 Å². The van der Waals surface area contributed by atoms with E-state index < -0.39 is 0 Å². The molecule has 100 valence electrons. The summed E-state index contributed by atoms with van der Waals surface area (Å²) in [4.78, 5) is 0. The fourth-order valence-corrected chi connectivity index (χ4v) is 3.08. The Labute approximate surface area is 133 Å². The highest BCUT2D eigenvalue weighted by Gasteiger charge is 2.15. The lowest BCUT2D eigenvalue weighted by molar-refractivity contribution is 0.850. The summed E-state index contributed by atoms with van der Waals surface area (Å²) < 4.78 is 1.05. The van der Waals surface area contributed by atoms with E-state index in [9.17, 15) is 0 Å². The number of benzene rings is 2. The first kappa shape index (κ1) is 14.8. The third kappa shape index (κ3) is 3.12. The van der Waals surface area contributed by atoms with E-state index in [4.69, 9.17) is 17.3 Å². The zero-order valence-corrected chi connectivity index (χ0v) is 14.2. The van der Waals surface area contributed by atoms with Crippen molar-refractivity contribution in [3.05, 3.63) is 66.7 Å². The quantitative estimate of drug-likeness (QED) is 0.730. The number of hydrogen-bond donors (Lipinski definition) is 1. The van der Waals surface area contributed by atoms with E-state index in [1.165, 1.54) is 22.3 Å². The standard InChI is InChI=1S/C16H17ClIN/c1-9-6-10(2)15(11(3)7-9)16(19)12-4-5-14(18)13(17)8-12/h4-8,16H,19H2,1-3H3. The van der Waals surface area contributed by atoms with Gasteiger partial charge in [-0.2, -0.15) is 0 Å². The molecular formula is C16H17ClIN. The van der Waals surface area contributed by atoms with E-state index in [1.54, 1.807) is 0 Å². The molecule has 1 nitrogen and oxygen atoms in total. The molecule has 2 N–H and O–H groups in total. The van der Waals surface area contributed by atoms with Gasteiger partial charge in [-0.1, -0.05) is 35.4 Å². The van der Waals surface area contributed by atoms with Gasteiger partial charge in [0.05, 0.1) is 11.1 Å². The number of aryl methyl sites for hydroxylation is 3. The molecule has 2 aromatic rings. The molecule has 1 atom stereocenters. The van der Waals surface area contributed by atoms with E-state index >= 15 is 0 Å². The SMILES string of the molecule is Cc1cc(C)c(C(N)c2ccc(I)c(Cl)c2)c(C)c1. The summed E-state index contributed by atoms with van der Waals surface area (Å²) in [7, 11) is 0. The predicted octanol–water partition coefficient (Wildman–Crippen LogP) is 4.92. The third-order valence-electron chi connectivity index (χ3n) is 3.35. The van der Waals surface area contributed by atoms with Crippen LogP contribution >= 0.6 is 34.2 Å². The second kappa shape index (κ2) is 5.81. The third-order valence-corrected chi connectivity index (χ3v) is 4.92. The summed E-state index contributed by atoms with van der Waals surface area (Å²) in [6.45, 7) is 6.34. The monoisotopic (exact) mass is 385 g/mol. The topological polar surface area (TPSA) is 26.0 Å². The summed E-state index contributed by atoms with van der Waals surface area (Å²) in [5.41, 5.74) is 12.4. The first-order valence-electron chi connectivity index (χ1n) is 6.18. The van der Waals surface area contributed by atoms with Crippen molar-refractivity contribution < 1.29 is 0 Å². The van der Waals surface area contributed by atoms with Crippen LogP contribution in [-0.4, -0.2) is 0 Å². The van der Waals surface area contributed by atoms with Gasteiger partial charge in [-0.25, -0.2) is 0 Å². The van der Waals surface area contributed by atoms with Crippen molar-refractivity contribution in [2.75, 3.05) is 0 Å². The van der Waals surface area contributed by atoms with E-state index in [2.05, 4.69) is 61.6 Å². The first-order valence-corrected chi connectivity index (χ1v) is 7.64. The molecule has 0 aliphatic rings. The van der Waals surface area contributed by atoms with Crippen molar-refractivity contribution in [3.8, 4) is 0 Å². The lowest BCUT2D eigenvalue weighted by Crippen LogP contribution is -2.15. The second-order valence-electron chi connectivity index (χ2n) is 4.96. The summed E-state index contributed by atoms with van der Waals surface area (Å²) in [5.74, 6) is 0. The molecule has 1 unspecified atom stereocenters. The number of nitrogens with two attached hydrogens (primary N) is 1. The minimum absolute atomic E-state index is 0.130. The number of rotatable bonds is 2. The van der Waals surface area contributed by atoms with Crippen molar-refractivity contribution in [2.45, 2.75) is 26.8 Å². The van der Waals surface area contributed by atoms with Gasteiger partial charge >= 0.3 is 0 Å². The average Bonchev–Trinajstić information content (AvgIpc) is 2.31. The van der Waals surface area contributed by atoms with E-state index in [1.807, 2.05) is 12.1 Å². The fourth-order valence-electron chi connectivity index (χ4n) is 2.55. The normalized spacial score (nSPS) is 12.5. The minimum atomic E-state index is -0.130. The molecule has 0 amide bonds. The van der Waals surface area contributed by atoms with Gasteiger partial charge in [0.25, 0.3) is 0 Å². The van der Waals surface area contributed by atoms with Crippen LogP contribution in [0.3, 0.4) is 0 Å². The smallest absolute Gasteiger partial charge is 0.0557 e. The second-order valence-corrected chi connectivity index (χ2v) is 6.53. The minimum Gasteiger partial charge on any atom is -0.320 e. The lowest BCUT2D eigenvalue weighted by Gasteiger charge is -2.19. The van der Waals surface area contributed by atoms with E-state index in [-0.39, 0.29) is 6.04 Å². The zero-order chi connectivity index (χ0) is 14.2. The molecular weight excluding hydrogens is 369 g/mol. The van der Waals surface area contributed by atoms with Crippen LogP contribution in [0.5, 0.6) is 0 Å². The van der Waals surface area contributed by atoms with Gasteiger partial charge < -0.3 is 5.73 Å². The largest absolute Gasteiger partial charge is 0.320 e. The van der Waals surface area contributed by atoms with Gasteiger partial charge in [-0.3, -0.25) is 0 Å². The van der Waals surface area contributed by atoms with Crippen LogP contribution in [0.25, 0.3) is 0 Å². The molecule has 0 fully saturated rings. The van der Waals surface area contributed by atoms with Crippen molar-refractivity contribution in [2.24, 2.45) is 5.73 Å². The van der Waals surface area contributed by atoms with Crippen LogP contribution in [0.1, 0.15) is 33.9 Å². The van der Waals surface area contributed by atoms with E-state index in [0.29, 0.717) is 0 Å². The van der Waals surface area contributed by atoms with Gasteiger partial charge in [0, 0.05) is 3.57 Å². The number of halogens is 2. The summed E-state index contributed by atoms with van der Waals surface area (Å²) in [5, 5.41) is 0.760. The molecule has 2 aromatic carbocycles. The highest BCUT2D eigenvalue weighted by atomic mass is 127. The van der Waals surface area contributed by atoms with Gasteiger partial charge in [0.1, 0.15) is 0 Å². The molecule has 0 spiro atoms. The molecule has 0 saturated carbocycles. The molecule has 0 aliphatic carbocycles. The Bertz CT molecular complexity index is 599. The molecule has 19 heavy (non-hydrogen) atoms. The Morgan fingerprint density at radius 1 is 1.05 bits per heavy atom. The van der Waals surface area contributed by atoms with Gasteiger partial charge in [0.2, 0.25) is 0 Å². The maximum atomic E-state index is 6.43. The van der Waals surface area contributed by atoms with Crippen molar-refractivity contribution in [3.63, 3.8) is 0 Å². The molecule has 2 rings (SSSR count). The Balaban J connectivity index is 2.49. The maximum Gasteiger partial charge on any atom is 0.0557 e. The highest BCUT2D eigenvalue weighted by molar-refractivity contribution is 14.1. The van der Waals surface area contributed by atoms with Gasteiger partial charge in [0.15, 0.2) is 0 Å². The van der Waals surface area contributed by atoms with Crippen LogP contribution in [-0.2, 0) is 0 Å². The highest BCUT2D eigenvalue weighted by Crippen LogP contribution is 2.29. The summed E-state index contributed by atoms with van der Waals surface area (Å²) in [6.07, 6.45) is 0. The molecule has 3 heteroatoms. The molecule has 0 bridgehead atoms. The maximum absolute atomic E-state index is 6.43. The lowest BCUT2D eigenvalue weighted by atomic mass is 9.90. The van der Waals surface area contributed by atoms with Crippen LogP contribution in [0.2, 0.25) is 5.02 Å². The summed E-state index contributed by atoms with van der Waals surface area (Å²) in [6, 6.07) is 10.3. The Morgan fingerprint density at radius 2 is 1.63 bits per heavy atom. The van der Waals surface area contributed by atoms with Crippen LogP contribution < -0.4 is 5.73 Å². The molecule has 0 aromatic heterocycles. The van der Waals surface area contributed by atoms with Crippen molar-refractivity contribution in [1.82, 2.24) is 0 Å². The van der Waals surface area contributed by atoms with E-state index in [0.717, 1.165) is 14.2 Å². The van der Waals surface area contributed by atoms with Crippen molar-refractivity contribution in [1.29, 1.82) is 0 Å². The Kier molecular flexibility index (Phi) is 4.54. The molecule has 0 saturated heterocycles. The molecule has 0 radical (unpaired) electrons. The van der Waals surface area contributed by atoms with Crippen LogP contribution in [0.4, 0.5) is 0 Å². The zero-order valence-electron chi connectivity index (χ0n) is 11.3.